The largest absolute Gasteiger partial charge is 0.493 e. The average Bonchev–Trinajstić information content (AvgIpc) is 3.09. The molecule has 1 N–H and O–H groups in total. The van der Waals surface area contributed by atoms with Gasteiger partial charge in [-0.3, -0.25) is 4.79 Å². The van der Waals surface area contributed by atoms with Crippen molar-refractivity contribution in [1.82, 2.24) is 9.88 Å². The Bertz CT molecular complexity index is 992. The Morgan fingerprint density at radius 3 is 2.59 bits per heavy atom. The molecule has 1 aromatic heterocycles. The molecule has 0 bridgehead atoms. The molecular formula is C22H24N2O3. The number of methoxy groups -OCH3 is 2. The van der Waals surface area contributed by atoms with Crippen molar-refractivity contribution in [2.45, 2.75) is 32.4 Å². The molecule has 2 heterocycles. The van der Waals surface area contributed by atoms with Crippen LogP contribution in [0.4, 0.5) is 0 Å². The first kappa shape index (κ1) is 17.5. The van der Waals surface area contributed by atoms with Crippen LogP contribution in [0.1, 0.15) is 23.6 Å². The van der Waals surface area contributed by atoms with Crippen LogP contribution in [0.3, 0.4) is 0 Å². The zero-order valence-corrected chi connectivity index (χ0v) is 15.9. The maximum atomic E-state index is 13.1. The molecule has 1 aliphatic heterocycles. The summed E-state index contributed by atoms with van der Waals surface area (Å²) in [6.07, 6.45) is 3.16. The van der Waals surface area contributed by atoms with Gasteiger partial charge in [0.1, 0.15) is 0 Å². The minimum absolute atomic E-state index is 0.146. The molecule has 140 valence electrons. The van der Waals surface area contributed by atoms with Gasteiger partial charge >= 0.3 is 0 Å². The molecule has 0 saturated heterocycles. The van der Waals surface area contributed by atoms with E-state index in [4.69, 9.17) is 9.47 Å². The second-order valence-corrected chi connectivity index (χ2v) is 7.09. The van der Waals surface area contributed by atoms with E-state index < -0.39 is 0 Å². The number of aromatic amines is 1. The Morgan fingerprint density at radius 1 is 1.15 bits per heavy atom. The second kappa shape index (κ2) is 6.99. The van der Waals surface area contributed by atoms with Crippen LogP contribution in [0.2, 0.25) is 0 Å². The second-order valence-electron chi connectivity index (χ2n) is 7.09. The van der Waals surface area contributed by atoms with Gasteiger partial charge in [0.2, 0.25) is 5.91 Å². The van der Waals surface area contributed by atoms with Crippen LogP contribution in [0.15, 0.2) is 42.6 Å². The number of para-hydroxylation sites is 1. The lowest BCUT2D eigenvalue weighted by atomic mass is 9.93. The molecule has 1 atom stereocenters. The highest BCUT2D eigenvalue weighted by atomic mass is 16.5. The Hall–Kier alpha value is -2.95. The van der Waals surface area contributed by atoms with Crippen molar-refractivity contribution in [3.63, 3.8) is 0 Å². The van der Waals surface area contributed by atoms with Gasteiger partial charge < -0.3 is 19.4 Å². The Labute approximate surface area is 158 Å². The number of aromatic nitrogens is 1. The summed E-state index contributed by atoms with van der Waals surface area (Å²) in [4.78, 5) is 18.3. The normalized spacial score (nSPS) is 16.3. The number of nitrogens with one attached hydrogen (secondary N) is 1. The number of H-pyrrole nitrogens is 1. The Kier molecular flexibility index (Phi) is 4.52. The predicted octanol–water partition coefficient (Wildman–Crippen LogP) is 3.70. The molecule has 1 unspecified atom stereocenters. The highest BCUT2D eigenvalue weighted by Gasteiger charge is 2.28. The van der Waals surface area contributed by atoms with Crippen molar-refractivity contribution < 1.29 is 14.3 Å². The molecule has 1 aliphatic rings. The van der Waals surface area contributed by atoms with Crippen molar-refractivity contribution >= 4 is 16.8 Å². The number of ether oxygens (including phenoxy) is 2. The van der Waals surface area contributed by atoms with Crippen molar-refractivity contribution in [2.24, 2.45) is 0 Å². The molecule has 0 aliphatic carbocycles. The van der Waals surface area contributed by atoms with Crippen molar-refractivity contribution in [2.75, 3.05) is 14.2 Å². The van der Waals surface area contributed by atoms with Gasteiger partial charge in [0.05, 0.1) is 20.6 Å². The van der Waals surface area contributed by atoms with Crippen LogP contribution in [0, 0.1) is 0 Å². The van der Waals surface area contributed by atoms with Gasteiger partial charge in [0.25, 0.3) is 0 Å². The number of nitrogens with zero attached hydrogens (tertiary/aromatic N) is 1. The van der Waals surface area contributed by atoms with Gasteiger partial charge in [-0.25, -0.2) is 0 Å². The topological polar surface area (TPSA) is 54.6 Å². The van der Waals surface area contributed by atoms with Gasteiger partial charge in [-0.1, -0.05) is 18.2 Å². The van der Waals surface area contributed by atoms with E-state index >= 15 is 0 Å². The van der Waals surface area contributed by atoms with E-state index in [9.17, 15) is 4.79 Å². The maximum Gasteiger partial charge on any atom is 0.227 e. The lowest BCUT2D eigenvalue weighted by molar-refractivity contribution is -0.133. The molecule has 0 radical (unpaired) electrons. The molecule has 0 saturated carbocycles. The number of fused-ring (bicyclic) bond motifs is 2. The molecule has 5 nitrogen and oxygen atoms in total. The third kappa shape index (κ3) is 3.14. The summed E-state index contributed by atoms with van der Waals surface area (Å²) in [5.41, 5.74) is 4.45. The minimum atomic E-state index is 0.146. The molecule has 4 rings (SSSR count). The number of carbonyl (C=O) groups excluding carboxylic acids is 1. The van der Waals surface area contributed by atoms with Crippen LogP contribution in [0.5, 0.6) is 11.5 Å². The number of hydrogen-bond donors (Lipinski definition) is 1. The average molecular weight is 364 g/mol. The van der Waals surface area contributed by atoms with E-state index in [0.29, 0.717) is 18.7 Å². The van der Waals surface area contributed by atoms with Crippen LogP contribution >= 0.6 is 0 Å². The number of hydrogen-bond acceptors (Lipinski definition) is 3. The smallest absolute Gasteiger partial charge is 0.227 e. The molecule has 0 spiro atoms. The summed E-state index contributed by atoms with van der Waals surface area (Å²) in [6.45, 7) is 2.70. The Balaban J connectivity index is 1.58. The van der Waals surface area contributed by atoms with Crippen LogP contribution < -0.4 is 9.47 Å². The first-order chi connectivity index (χ1) is 13.1. The zero-order chi connectivity index (χ0) is 19.0. The number of rotatable bonds is 4. The van der Waals surface area contributed by atoms with E-state index in [1.54, 1.807) is 14.2 Å². The lowest BCUT2D eigenvalue weighted by Gasteiger charge is -2.35. The number of carbonyl (C=O) groups is 1. The van der Waals surface area contributed by atoms with Crippen LogP contribution in [-0.4, -0.2) is 36.1 Å². The fourth-order valence-electron chi connectivity index (χ4n) is 3.94. The van der Waals surface area contributed by atoms with E-state index in [0.717, 1.165) is 34.2 Å². The van der Waals surface area contributed by atoms with E-state index in [-0.39, 0.29) is 11.9 Å². The van der Waals surface area contributed by atoms with Crippen LogP contribution in [0.25, 0.3) is 10.9 Å². The van der Waals surface area contributed by atoms with Crippen LogP contribution in [-0.2, 0) is 24.2 Å². The first-order valence-electron chi connectivity index (χ1n) is 9.19. The van der Waals surface area contributed by atoms with Gasteiger partial charge in [0, 0.05) is 29.7 Å². The van der Waals surface area contributed by atoms with Crippen molar-refractivity contribution in [3.8, 4) is 11.5 Å². The van der Waals surface area contributed by atoms with Gasteiger partial charge in [-0.15, -0.1) is 0 Å². The quantitative estimate of drug-likeness (QED) is 0.768. The summed E-state index contributed by atoms with van der Waals surface area (Å²) in [5, 5.41) is 1.11. The highest BCUT2D eigenvalue weighted by Crippen LogP contribution is 2.35. The molecule has 0 fully saturated rings. The third-order valence-electron chi connectivity index (χ3n) is 5.43. The van der Waals surface area contributed by atoms with E-state index in [1.807, 2.05) is 41.4 Å². The fourth-order valence-corrected chi connectivity index (χ4v) is 3.94. The molecule has 5 heteroatoms. The Morgan fingerprint density at radius 2 is 1.85 bits per heavy atom. The summed E-state index contributed by atoms with van der Waals surface area (Å²) >= 11 is 0. The van der Waals surface area contributed by atoms with E-state index in [2.05, 4.69) is 18.0 Å². The summed E-state index contributed by atoms with van der Waals surface area (Å²) in [5.74, 6) is 1.59. The van der Waals surface area contributed by atoms with Gasteiger partial charge in [-0.05, 0) is 48.2 Å². The fraction of sp³-hybridized carbons (Fsp3) is 0.318. The predicted molar refractivity (Wildman–Crippen MR) is 105 cm³/mol. The first-order valence-corrected chi connectivity index (χ1v) is 9.19. The zero-order valence-electron chi connectivity index (χ0n) is 15.9. The number of benzene rings is 2. The molecular weight excluding hydrogens is 340 g/mol. The van der Waals surface area contributed by atoms with Gasteiger partial charge in [0.15, 0.2) is 11.5 Å². The summed E-state index contributed by atoms with van der Waals surface area (Å²) < 4.78 is 10.8. The molecule has 27 heavy (non-hydrogen) atoms. The van der Waals surface area contributed by atoms with E-state index in [1.165, 1.54) is 5.56 Å². The third-order valence-corrected chi connectivity index (χ3v) is 5.43. The molecule has 2 aromatic carbocycles. The standard InChI is InChI=1S/C22H24N2O3/c1-14-8-15-9-20(26-2)21(27-3)10-17(15)13-24(14)22(25)11-16-12-23-19-7-5-4-6-18(16)19/h4-7,9-10,12,14,23H,8,11,13H2,1-3H3. The lowest BCUT2D eigenvalue weighted by Crippen LogP contribution is -2.43. The van der Waals surface area contributed by atoms with Crippen molar-refractivity contribution in [3.05, 3.63) is 59.3 Å². The number of amides is 1. The van der Waals surface area contributed by atoms with Gasteiger partial charge in [-0.2, -0.15) is 0 Å². The van der Waals surface area contributed by atoms with Crippen molar-refractivity contribution in [1.29, 1.82) is 0 Å². The monoisotopic (exact) mass is 364 g/mol. The summed E-state index contributed by atoms with van der Waals surface area (Å²) in [6, 6.07) is 12.3. The highest BCUT2D eigenvalue weighted by molar-refractivity contribution is 5.89. The summed E-state index contributed by atoms with van der Waals surface area (Å²) in [7, 11) is 3.28. The molecule has 1 amide bonds. The maximum absolute atomic E-state index is 13.1. The SMILES string of the molecule is COc1cc2c(cc1OC)CN(C(=O)Cc1c[nH]c3ccccc13)C(C)C2. The minimum Gasteiger partial charge on any atom is -0.493 e. The molecule has 3 aromatic rings.